The minimum atomic E-state index is 0.0589. The van der Waals surface area contributed by atoms with E-state index in [2.05, 4.69) is 15.3 Å². The van der Waals surface area contributed by atoms with Crippen molar-refractivity contribution in [3.8, 4) is 0 Å². The van der Waals surface area contributed by atoms with Crippen LogP contribution in [0, 0.1) is 5.41 Å². The molecule has 1 aliphatic rings. The number of hydrogen-bond donors (Lipinski definition) is 3. The van der Waals surface area contributed by atoms with E-state index in [-0.39, 0.29) is 11.3 Å². The number of amides is 1. The first-order valence-corrected chi connectivity index (χ1v) is 7.69. The highest BCUT2D eigenvalue weighted by molar-refractivity contribution is 5.76. The molecule has 1 saturated carbocycles. The van der Waals surface area contributed by atoms with Crippen molar-refractivity contribution in [1.29, 1.82) is 0 Å². The highest BCUT2D eigenvalue weighted by Gasteiger charge is 2.32. The van der Waals surface area contributed by atoms with Gasteiger partial charge in [0.05, 0.1) is 0 Å². The third kappa shape index (κ3) is 4.34. The normalized spacial score (nSPS) is 17.9. The number of carbonyl (C=O) groups excluding carboxylic acids is 1. The first-order chi connectivity index (χ1) is 9.74. The molecule has 5 heteroatoms. The highest BCUT2D eigenvalue weighted by atomic mass is 16.1. The van der Waals surface area contributed by atoms with Gasteiger partial charge in [0.25, 0.3) is 0 Å². The van der Waals surface area contributed by atoms with Crippen LogP contribution < -0.4 is 11.1 Å². The molecule has 4 N–H and O–H groups in total. The molecule has 0 saturated heterocycles. The zero-order valence-electron chi connectivity index (χ0n) is 12.2. The highest BCUT2D eigenvalue weighted by Crippen LogP contribution is 2.38. The number of H-pyrrole nitrogens is 1. The van der Waals surface area contributed by atoms with Gasteiger partial charge in [-0.25, -0.2) is 4.98 Å². The van der Waals surface area contributed by atoms with Gasteiger partial charge in [-0.3, -0.25) is 4.79 Å². The minimum Gasteiger partial charge on any atom is -0.356 e. The van der Waals surface area contributed by atoms with Crippen LogP contribution in [0.5, 0.6) is 0 Å². The van der Waals surface area contributed by atoms with Crippen LogP contribution in [0.3, 0.4) is 0 Å². The molecule has 0 aromatic carbocycles. The van der Waals surface area contributed by atoms with Crippen molar-refractivity contribution in [3.05, 3.63) is 18.2 Å². The van der Waals surface area contributed by atoms with E-state index in [1.54, 1.807) is 6.20 Å². The van der Waals surface area contributed by atoms with Crippen LogP contribution in [0.4, 0.5) is 0 Å². The Bertz CT molecular complexity index is 396. The standard InChI is InChI=1S/C15H26N4O/c16-12-15(6-2-1-3-7-15)11-14(20)19-8-4-5-13-17-9-10-18-13/h9-10H,1-8,11-12,16H2,(H,17,18)(H,19,20). The van der Waals surface area contributed by atoms with Gasteiger partial charge in [0.1, 0.15) is 5.82 Å². The van der Waals surface area contributed by atoms with Gasteiger partial charge in [-0.1, -0.05) is 19.3 Å². The molecule has 1 fully saturated rings. The van der Waals surface area contributed by atoms with Crippen molar-refractivity contribution in [2.45, 2.75) is 51.4 Å². The summed E-state index contributed by atoms with van der Waals surface area (Å²) in [6.07, 6.45) is 11.9. The van der Waals surface area contributed by atoms with Gasteiger partial charge in [-0.15, -0.1) is 0 Å². The Hall–Kier alpha value is -1.36. The van der Waals surface area contributed by atoms with Crippen molar-refractivity contribution >= 4 is 5.91 Å². The fourth-order valence-electron chi connectivity index (χ4n) is 3.08. The van der Waals surface area contributed by atoms with Gasteiger partial charge < -0.3 is 16.0 Å². The lowest BCUT2D eigenvalue weighted by Crippen LogP contribution is -2.38. The average Bonchev–Trinajstić information content (AvgIpc) is 2.98. The van der Waals surface area contributed by atoms with E-state index in [0.29, 0.717) is 19.5 Å². The lowest BCUT2D eigenvalue weighted by atomic mass is 9.71. The van der Waals surface area contributed by atoms with Crippen molar-refractivity contribution in [2.24, 2.45) is 11.1 Å². The van der Waals surface area contributed by atoms with Gasteiger partial charge in [-0.05, 0) is 31.2 Å². The summed E-state index contributed by atoms with van der Waals surface area (Å²) in [5.74, 6) is 1.13. The number of aromatic nitrogens is 2. The number of nitrogens with two attached hydrogens (primary N) is 1. The average molecular weight is 278 g/mol. The fraction of sp³-hybridized carbons (Fsp3) is 0.733. The molecule has 1 aromatic rings. The molecular formula is C15H26N4O. The Kier molecular flexibility index (Phi) is 5.59. The maximum Gasteiger partial charge on any atom is 0.220 e. The molecule has 5 nitrogen and oxygen atoms in total. The molecule has 0 atom stereocenters. The third-order valence-electron chi connectivity index (χ3n) is 4.35. The van der Waals surface area contributed by atoms with Gasteiger partial charge >= 0.3 is 0 Å². The predicted octanol–water partition coefficient (Wildman–Crippen LogP) is 1.76. The topological polar surface area (TPSA) is 83.8 Å². The first kappa shape index (κ1) is 15.0. The van der Waals surface area contributed by atoms with Crippen LogP contribution in [-0.4, -0.2) is 29.0 Å². The van der Waals surface area contributed by atoms with E-state index in [4.69, 9.17) is 5.73 Å². The summed E-state index contributed by atoms with van der Waals surface area (Å²) in [6.45, 7) is 1.34. The Morgan fingerprint density at radius 3 is 2.85 bits per heavy atom. The summed E-state index contributed by atoms with van der Waals surface area (Å²) in [5, 5.41) is 3.02. The van der Waals surface area contributed by atoms with E-state index in [0.717, 1.165) is 31.5 Å². The van der Waals surface area contributed by atoms with Crippen LogP contribution in [0.15, 0.2) is 12.4 Å². The van der Waals surface area contributed by atoms with Gasteiger partial charge in [0.2, 0.25) is 5.91 Å². The number of nitrogens with zero attached hydrogens (tertiary/aromatic N) is 1. The number of nitrogens with one attached hydrogen (secondary N) is 2. The molecule has 0 bridgehead atoms. The monoisotopic (exact) mass is 278 g/mol. The van der Waals surface area contributed by atoms with Crippen LogP contribution >= 0.6 is 0 Å². The molecule has 1 aromatic heterocycles. The maximum atomic E-state index is 12.0. The second-order valence-corrected chi connectivity index (χ2v) is 5.93. The van der Waals surface area contributed by atoms with E-state index in [9.17, 15) is 4.79 Å². The summed E-state index contributed by atoms with van der Waals surface area (Å²) in [7, 11) is 0. The smallest absolute Gasteiger partial charge is 0.220 e. The quantitative estimate of drug-likeness (QED) is 0.664. The number of rotatable bonds is 7. The molecule has 2 rings (SSSR count). The van der Waals surface area contributed by atoms with E-state index >= 15 is 0 Å². The maximum absolute atomic E-state index is 12.0. The van der Waals surface area contributed by atoms with E-state index < -0.39 is 0 Å². The van der Waals surface area contributed by atoms with E-state index in [1.807, 2.05) is 6.20 Å². The third-order valence-corrected chi connectivity index (χ3v) is 4.35. The molecule has 0 aliphatic heterocycles. The van der Waals surface area contributed by atoms with E-state index in [1.165, 1.54) is 19.3 Å². The molecule has 112 valence electrons. The molecular weight excluding hydrogens is 252 g/mol. The number of carbonyl (C=O) groups is 1. The minimum absolute atomic E-state index is 0.0589. The molecule has 0 spiro atoms. The summed E-state index contributed by atoms with van der Waals surface area (Å²) >= 11 is 0. The second-order valence-electron chi connectivity index (χ2n) is 5.93. The zero-order valence-corrected chi connectivity index (χ0v) is 12.2. The van der Waals surface area contributed by atoms with Crippen LogP contribution in [-0.2, 0) is 11.2 Å². The van der Waals surface area contributed by atoms with Crippen molar-refractivity contribution < 1.29 is 4.79 Å². The van der Waals surface area contributed by atoms with Crippen LogP contribution in [0.25, 0.3) is 0 Å². The molecule has 0 unspecified atom stereocenters. The second kappa shape index (κ2) is 7.43. The van der Waals surface area contributed by atoms with Crippen LogP contribution in [0.1, 0.15) is 50.8 Å². The SMILES string of the molecule is NCC1(CC(=O)NCCCc2ncc[nH]2)CCCCC1. The van der Waals surface area contributed by atoms with Crippen molar-refractivity contribution in [3.63, 3.8) is 0 Å². The summed E-state index contributed by atoms with van der Waals surface area (Å²) in [4.78, 5) is 19.3. The molecule has 1 heterocycles. The zero-order chi connectivity index (χ0) is 14.3. The Morgan fingerprint density at radius 2 is 2.20 bits per heavy atom. The number of hydrogen-bond acceptors (Lipinski definition) is 3. The summed E-state index contributed by atoms with van der Waals surface area (Å²) < 4.78 is 0. The van der Waals surface area contributed by atoms with Gasteiger partial charge in [-0.2, -0.15) is 0 Å². The lowest BCUT2D eigenvalue weighted by Gasteiger charge is -2.35. The number of aromatic amines is 1. The molecule has 20 heavy (non-hydrogen) atoms. The van der Waals surface area contributed by atoms with Gasteiger partial charge in [0.15, 0.2) is 0 Å². The molecule has 1 aliphatic carbocycles. The Labute approximate surface area is 120 Å². The Morgan fingerprint density at radius 1 is 1.40 bits per heavy atom. The van der Waals surface area contributed by atoms with Crippen molar-refractivity contribution in [2.75, 3.05) is 13.1 Å². The molecule has 1 amide bonds. The van der Waals surface area contributed by atoms with Crippen molar-refractivity contribution in [1.82, 2.24) is 15.3 Å². The lowest BCUT2D eigenvalue weighted by molar-refractivity contribution is -0.123. The fourth-order valence-corrected chi connectivity index (χ4v) is 3.08. The first-order valence-electron chi connectivity index (χ1n) is 7.69. The molecule has 0 radical (unpaired) electrons. The van der Waals surface area contributed by atoms with Crippen LogP contribution in [0.2, 0.25) is 0 Å². The largest absolute Gasteiger partial charge is 0.356 e. The summed E-state index contributed by atoms with van der Waals surface area (Å²) in [5.41, 5.74) is 5.97. The summed E-state index contributed by atoms with van der Waals surface area (Å²) in [6, 6.07) is 0. The number of imidazole rings is 1. The van der Waals surface area contributed by atoms with Gasteiger partial charge in [0, 0.05) is 31.8 Å². The predicted molar refractivity (Wildman–Crippen MR) is 79.1 cm³/mol. The number of aryl methyl sites for hydroxylation is 1. The Balaban J connectivity index is 1.66.